The Morgan fingerprint density at radius 2 is 2.00 bits per heavy atom. The van der Waals surface area contributed by atoms with Gasteiger partial charge in [-0.05, 0) is 39.7 Å². The molecule has 1 heterocycles. The van der Waals surface area contributed by atoms with E-state index in [0.717, 1.165) is 12.1 Å². The summed E-state index contributed by atoms with van der Waals surface area (Å²) in [4.78, 5) is 15.6. The van der Waals surface area contributed by atoms with Gasteiger partial charge in [-0.1, -0.05) is 12.1 Å². The molecule has 0 unspecified atom stereocenters. The molecule has 0 atom stereocenters. The Kier molecular flexibility index (Phi) is 4.62. The van der Waals surface area contributed by atoms with Crippen molar-refractivity contribution in [3.05, 3.63) is 63.9 Å². The first kappa shape index (κ1) is 15.5. The second-order valence-electron chi connectivity index (χ2n) is 4.17. The molecule has 0 saturated carbocycles. The number of alkyl halides is 3. The van der Waals surface area contributed by atoms with E-state index in [1.165, 1.54) is 30.6 Å². The van der Waals surface area contributed by atoms with Crippen LogP contribution in [0.4, 0.5) is 13.2 Å². The monoisotopic (exact) mass is 359 g/mol. The number of carbonyl (C=O) groups is 1. The van der Waals surface area contributed by atoms with Gasteiger partial charge in [0, 0.05) is 16.9 Å². The van der Waals surface area contributed by atoms with Crippen LogP contribution in [-0.4, -0.2) is 11.0 Å². The maximum atomic E-state index is 12.6. The lowest BCUT2D eigenvalue weighted by Gasteiger charge is -2.09. The fourth-order valence-corrected chi connectivity index (χ4v) is 1.96. The molecule has 1 aromatic carbocycles. The molecule has 0 aliphatic heterocycles. The number of hydrogen-bond acceptors (Lipinski definition) is 3. The average molecular weight is 360 g/mol. The van der Waals surface area contributed by atoms with Crippen molar-refractivity contribution in [2.45, 2.75) is 12.8 Å². The molecule has 2 aromatic rings. The maximum Gasteiger partial charge on any atom is 0.416 e. The van der Waals surface area contributed by atoms with Crippen LogP contribution in [0.3, 0.4) is 0 Å². The van der Waals surface area contributed by atoms with E-state index >= 15 is 0 Å². The van der Waals surface area contributed by atoms with Crippen molar-refractivity contribution in [1.82, 2.24) is 4.98 Å². The van der Waals surface area contributed by atoms with Crippen LogP contribution in [0, 0.1) is 0 Å². The highest BCUT2D eigenvalue weighted by Crippen LogP contribution is 2.29. The van der Waals surface area contributed by atoms with Gasteiger partial charge in [-0.2, -0.15) is 13.2 Å². The number of ether oxygens (including phenoxy) is 1. The fourth-order valence-electron chi connectivity index (χ4n) is 1.59. The highest BCUT2D eigenvalue weighted by molar-refractivity contribution is 9.10. The maximum absolute atomic E-state index is 12.6. The molecule has 0 fully saturated rings. The summed E-state index contributed by atoms with van der Waals surface area (Å²) in [5.41, 5.74) is -0.294. The van der Waals surface area contributed by atoms with Crippen molar-refractivity contribution in [3.63, 3.8) is 0 Å². The Hall–Kier alpha value is -1.89. The second kappa shape index (κ2) is 6.26. The van der Waals surface area contributed by atoms with Gasteiger partial charge in [0.1, 0.15) is 6.61 Å². The van der Waals surface area contributed by atoms with Crippen LogP contribution in [-0.2, 0) is 17.5 Å². The zero-order valence-electron chi connectivity index (χ0n) is 10.5. The van der Waals surface area contributed by atoms with Gasteiger partial charge in [0.15, 0.2) is 0 Å². The molecule has 0 aliphatic rings. The van der Waals surface area contributed by atoms with Crippen LogP contribution in [0.15, 0.2) is 47.2 Å². The molecule has 2 rings (SSSR count). The third-order valence-electron chi connectivity index (χ3n) is 2.56. The SMILES string of the molecule is O=C(OCc1cccc(C(F)(F)F)c1)c1cncc(Br)c1. The lowest BCUT2D eigenvalue weighted by Crippen LogP contribution is -2.08. The lowest BCUT2D eigenvalue weighted by atomic mass is 10.1. The van der Waals surface area contributed by atoms with Crippen molar-refractivity contribution in [3.8, 4) is 0 Å². The van der Waals surface area contributed by atoms with E-state index in [0.29, 0.717) is 4.47 Å². The molecule has 110 valence electrons. The molecule has 1 aromatic heterocycles. The summed E-state index contributed by atoms with van der Waals surface area (Å²) in [6.45, 7) is -0.241. The molecular weight excluding hydrogens is 351 g/mol. The third-order valence-corrected chi connectivity index (χ3v) is 3.00. The van der Waals surface area contributed by atoms with Crippen molar-refractivity contribution in [2.24, 2.45) is 0 Å². The smallest absolute Gasteiger partial charge is 0.416 e. The summed E-state index contributed by atoms with van der Waals surface area (Å²) in [5.74, 6) is -0.652. The van der Waals surface area contributed by atoms with Crippen LogP contribution < -0.4 is 0 Å². The summed E-state index contributed by atoms with van der Waals surface area (Å²) in [6.07, 6.45) is -1.60. The topological polar surface area (TPSA) is 39.2 Å². The Morgan fingerprint density at radius 1 is 1.24 bits per heavy atom. The molecule has 0 saturated heterocycles. The summed E-state index contributed by atoms with van der Waals surface area (Å²) in [5, 5.41) is 0. The van der Waals surface area contributed by atoms with E-state index in [-0.39, 0.29) is 17.7 Å². The molecule has 0 spiro atoms. The van der Waals surface area contributed by atoms with Gasteiger partial charge in [0.2, 0.25) is 0 Å². The number of pyridine rings is 1. The van der Waals surface area contributed by atoms with Gasteiger partial charge in [-0.15, -0.1) is 0 Å². The minimum absolute atomic E-state index is 0.219. The van der Waals surface area contributed by atoms with Crippen molar-refractivity contribution < 1.29 is 22.7 Å². The second-order valence-corrected chi connectivity index (χ2v) is 5.08. The van der Waals surface area contributed by atoms with E-state index in [1.54, 1.807) is 0 Å². The zero-order chi connectivity index (χ0) is 15.5. The number of esters is 1. The van der Waals surface area contributed by atoms with Crippen LogP contribution in [0.25, 0.3) is 0 Å². The highest BCUT2D eigenvalue weighted by atomic mass is 79.9. The van der Waals surface area contributed by atoms with Crippen molar-refractivity contribution in [2.75, 3.05) is 0 Å². The minimum Gasteiger partial charge on any atom is -0.457 e. The first-order chi connectivity index (χ1) is 9.86. The number of benzene rings is 1. The number of halogens is 4. The Bertz CT molecular complexity index is 659. The highest BCUT2D eigenvalue weighted by Gasteiger charge is 2.30. The van der Waals surface area contributed by atoms with E-state index in [4.69, 9.17) is 4.74 Å². The predicted molar refractivity (Wildman–Crippen MR) is 72.5 cm³/mol. The minimum atomic E-state index is -4.42. The predicted octanol–water partition coefficient (Wildman–Crippen LogP) is 4.22. The van der Waals surface area contributed by atoms with Crippen molar-refractivity contribution in [1.29, 1.82) is 0 Å². The number of nitrogens with zero attached hydrogens (tertiary/aromatic N) is 1. The first-order valence-electron chi connectivity index (χ1n) is 5.80. The van der Waals surface area contributed by atoms with Crippen LogP contribution in [0.1, 0.15) is 21.5 Å². The van der Waals surface area contributed by atoms with Gasteiger partial charge in [-0.25, -0.2) is 4.79 Å². The standard InChI is InChI=1S/C14H9BrF3NO2/c15-12-5-10(6-19-7-12)13(20)21-8-9-2-1-3-11(4-9)14(16,17)18/h1-7H,8H2. The molecular formula is C14H9BrF3NO2. The van der Waals surface area contributed by atoms with E-state index in [2.05, 4.69) is 20.9 Å². The van der Waals surface area contributed by atoms with Gasteiger partial charge in [0.05, 0.1) is 11.1 Å². The normalized spacial score (nSPS) is 11.2. The molecule has 7 heteroatoms. The Labute approximate surface area is 126 Å². The molecule has 0 amide bonds. The summed E-state index contributed by atoms with van der Waals surface area (Å²) in [7, 11) is 0. The third kappa shape index (κ3) is 4.29. The number of hydrogen-bond donors (Lipinski definition) is 0. The van der Waals surface area contributed by atoms with E-state index < -0.39 is 17.7 Å². The molecule has 3 nitrogen and oxygen atoms in total. The number of carbonyl (C=O) groups excluding carboxylic acids is 1. The van der Waals surface area contributed by atoms with Crippen molar-refractivity contribution >= 4 is 21.9 Å². The summed E-state index contributed by atoms with van der Waals surface area (Å²) < 4.78 is 43.2. The molecule has 21 heavy (non-hydrogen) atoms. The van der Waals surface area contributed by atoms with E-state index in [9.17, 15) is 18.0 Å². The Balaban J connectivity index is 2.05. The van der Waals surface area contributed by atoms with Crippen LogP contribution in [0.2, 0.25) is 0 Å². The van der Waals surface area contributed by atoms with Gasteiger partial charge in [0.25, 0.3) is 0 Å². The first-order valence-corrected chi connectivity index (χ1v) is 6.59. The summed E-state index contributed by atoms with van der Waals surface area (Å²) >= 11 is 3.16. The van der Waals surface area contributed by atoms with Gasteiger partial charge in [-0.3, -0.25) is 4.98 Å². The van der Waals surface area contributed by atoms with Crippen LogP contribution >= 0.6 is 15.9 Å². The average Bonchev–Trinajstić information content (AvgIpc) is 2.44. The molecule has 0 aliphatic carbocycles. The Morgan fingerprint density at radius 3 is 2.67 bits per heavy atom. The summed E-state index contributed by atoms with van der Waals surface area (Å²) in [6, 6.07) is 6.16. The lowest BCUT2D eigenvalue weighted by molar-refractivity contribution is -0.137. The van der Waals surface area contributed by atoms with Crippen LogP contribution in [0.5, 0.6) is 0 Å². The number of rotatable bonds is 3. The molecule has 0 radical (unpaired) electrons. The number of aromatic nitrogens is 1. The largest absolute Gasteiger partial charge is 0.457 e. The zero-order valence-corrected chi connectivity index (χ0v) is 12.1. The van der Waals surface area contributed by atoms with E-state index in [1.807, 2.05) is 0 Å². The fraction of sp³-hybridized carbons (Fsp3) is 0.143. The van der Waals surface area contributed by atoms with Gasteiger partial charge < -0.3 is 4.74 Å². The van der Waals surface area contributed by atoms with Gasteiger partial charge >= 0.3 is 12.1 Å². The molecule has 0 bridgehead atoms. The molecule has 0 N–H and O–H groups in total. The quantitative estimate of drug-likeness (QED) is 0.770.